The molecule has 0 aromatic heterocycles. The summed E-state index contributed by atoms with van der Waals surface area (Å²) in [5, 5.41) is 9.20. The Hall–Kier alpha value is -0.510. The number of allylic oxidation sites excluding steroid dienone is 4. The molecule has 0 saturated heterocycles. The summed E-state index contributed by atoms with van der Waals surface area (Å²) in [6.07, 6.45) is 9.75. The molecule has 13 heavy (non-hydrogen) atoms. The fourth-order valence-electron chi connectivity index (χ4n) is 0.610. The summed E-state index contributed by atoms with van der Waals surface area (Å²) in [6, 6.07) is 0. The van der Waals surface area contributed by atoms with Crippen LogP contribution in [0.25, 0.3) is 0 Å². The molecule has 0 radical (unpaired) electrons. The van der Waals surface area contributed by atoms with E-state index in [4.69, 9.17) is 4.74 Å². The third kappa shape index (κ3) is 9.40. The molecule has 1 atom stereocenters. The molecule has 0 aromatic carbocycles. The van der Waals surface area contributed by atoms with E-state index in [0.717, 1.165) is 5.75 Å². The Kier molecular flexibility index (Phi) is 9.20. The zero-order chi connectivity index (χ0) is 9.94. The first-order valence-corrected chi connectivity index (χ1v) is 5.45. The Bertz CT molecular complexity index is 176. The number of hydrogen-bond donors (Lipinski definition) is 1. The molecular weight excluding hydrogens is 184 g/mol. The van der Waals surface area contributed by atoms with Crippen LogP contribution >= 0.6 is 11.8 Å². The SMILES string of the molecule is C=C/C=C\C=C\C(O)OCCSC. The summed E-state index contributed by atoms with van der Waals surface area (Å²) in [5.41, 5.74) is 0. The topological polar surface area (TPSA) is 29.5 Å². The monoisotopic (exact) mass is 200 g/mol. The predicted molar refractivity (Wildman–Crippen MR) is 58.8 cm³/mol. The first-order chi connectivity index (χ1) is 6.31. The Labute approximate surface area is 84.0 Å². The van der Waals surface area contributed by atoms with E-state index in [9.17, 15) is 5.11 Å². The van der Waals surface area contributed by atoms with Crippen molar-refractivity contribution in [1.82, 2.24) is 0 Å². The molecule has 3 heteroatoms. The van der Waals surface area contributed by atoms with E-state index >= 15 is 0 Å². The fraction of sp³-hybridized carbons (Fsp3) is 0.400. The Morgan fingerprint density at radius 1 is 1.46 bits per heavy atom. The summed E-state index contributed by atoms with van der Waals surface area (Å²) in [6.45, 7) is 4.09. The van der Waals surface area contributed by atoms with Gasteiger partial charge in [0, 0.05) is 5.75 Å². The summed E-state index contributed by atoms with van der Waals surface area (Å²) in [7, 11) is 0. The van der Waals surface area contributed by atoms with Crippen molar-refractivity contribution in [2.24, 2.45) is 0 Å². The zero-order valence-corrected chi connectivity index (χ0v) is 8.67. The first-order valence-electron chi connectivity index (χ1n) is 4.05. The van der Waals surface area contributed by atoms with Gasteiger partial charge in [-0.2, -0.15) is 11.8 Å². The van der Waals surface area contributed by atoms with Crippen molar-refractivity contribution < 1.29 is 9.84 Å². The van der Waals surface area contributed by atoms with Gasteiger partial charge in [0.05, 0.1) is 6.61 Å². The van der Waals surface area contributed by atoms with Gasteiger partial charge < -0.3 is 9.84 Å². The molecule has 0 aliphatic rings. The van der Waals surface area contributed by atoms with Gasteiger partial charge in [-0.05, 0) is 12.3 Å². The largest absolute Gasteiger partial charge is 0.365 e. The molecule has 1 unspecified atom stereocenters. The van der Waals surface area contributed by atoms with E-state index in [1.54, 1.807) is 42.1 Å². The molecule has 0 spiro atoms. The highest BCUT2D eigenvalue weighted by Gasteiger charge is 1.95. The average Bonchev–Trinajstić information content (AvgIpc) is 2.13. The number of rotatable bonds is 7. The van der Waals surface area contributed by atoms with Crippen LogP contribution < -0.4 is 0 Å². The zero-order valence-electron chi connectivity index (χ0n) is 7.85. The second-order valence-corrected chi connectivity index (χ2v) is 3.25. The lowest BCUT2D eigenvalue weighted by Gasteiger charge is -2.05. The van der Waals surface area contributed by atoms with E-state index in [1.807, 2.05) is 6.26 Å². The second-order valence-electron chi connectivity index (χ2n) is 2.26. The maximum atomic E-state index is 9.20. The fourth-order valence-corrected chi connectivity index (χ4v) is 0.873. The maximum absolute atomic E-state index is 9.20. The molecule has 0 rings (SSSR count). The van der Waals surface area contributed by atoms with E-state index in [2.05, 4.69) is 6.58 Å². The molecule has 2 nitrogen and oxygen atoms in total. The second kappa shape index (κ2) is 9.58. The smallest absolute Gasteiger partial charge is 0.174 e. The van der Waals surface area contributed by atoms with Crippen molar-refractivity contribution >= 4 is 11.8 Å². The minimum Gasteiger partial charge on any atom is -0.365 e. The van der Waals surface area contributed by atoms with Gasteiger partial charge in [0.25, 0.3) is 0 Å². The lowest BCUT2D eigenvalue weighted by Crippen LogP contribution is -2.10. The highest BCUT2D eigenvalue weighted by molar-refractivity contribution is 7.98. The number of ether oxygens (including phenoxy) is 1. The van der Waals surface area contributed by atoms with Gasteiger partial charge in [0.15, 0.2) is 6.29 Å². The number of aliphatic hydroxyl groups excluding tert-OH is 1. The Morgan fingerprint density at radius 2 is 2.23 bits per heavy atom. The molecular formula is C10H16O2S. The lowest BCUT2D eigenvalue weighted by molar-refractivity contribution is -0.0575. The standard InChI is InChI=1S/C10H16O2S/c1-3-4-5-6-7-10(11)12-8-9-13-2/h3-7,10-11H,1,8-9H2,2H3/b5-4-,7-6+. The van der Waals surface area contributed by atoms with E-state index in [0.29, 0.717) is 6.61 Å². The quantitative estimate of drug-likeness (QED) is 0.387. The third-order valence-electron chi connectivity index (χ3n) is 1.21. The molecule has 0 saturated carbocycles. The van der Waals surface area contributed by atoms with Crippen molar-refractivity contribution in [3.63, 3.8) is 0 Å². The van der Waals surface area contributed by atoms with Crippen molar-refractivity contribution in [2.45, 2.75) is 6.29 Å². The van der Waals surface area contributed by atoms with Gasteiger partial charge in [-0.1, -0.05) is 30.9 Å². The minimum atomic E-state index is -0.804. The Morgan fingerprint density at radius 3 is 2.85 bits per heavy atom. The summed E-state index contributed by atoms with van der Waals surface area (Å²) < 4.78 is 5.05. The van der Waals surface area contributed by atoms with Crippen molar-refractivity contribution in [3.05, 3.63) is 37.0 Å². The third-order valence-corrected chi connectivity index (χ3v) is 1.79. The van der Waals surface area contributed by atoms with E-state index in [1.165, 1.54) is 0 Å². The van der Waals surface area contributed by atoms with Gasteiger partial charge in [-0.3, -0.25) is 0 Å². The highest BCUT2D eigenvalue weighted by Crippen LogP contribution is 1.95. The molecule has 0 amide bonds. The van der Waals surface area contributed by atoms with Crippen LogP contribution in [0.15, 0.2) is 37.0 Å². The molecule has 74 valence electrons. The van der Waals surface area contributed by atoms with E-state index < -0.39 is 6.29 Å². The predicted octanol–water partition coefficient (Wildman–Crippen LogP) is 1.98. The normalized spacial score (nSPS) is 14.0. The number of hydrogen-bond acceptors (Lipinski definition) is 3. The molecule has 0 aliphatic carbocycles. The van der Waals surface area contributed by atoms with Gasteiger partial charge >= 0.3 is 0 Å². The first kappa shape index (κ1) is 12.5. The van der Waals surface area contributed by atoms with Gasteiger partial charge in [-0.15, -0.1) is 0 Å². The van der Waals surface area contributed by atoms with Crippen LogP contribution in [0.2, 0.25) is 0 Å². The van der Waals surface area contributed by atoms with Crippen LogP contribution in [0, 0.1) is 0 Å². The summed E-state index contributed by atoms with van der Waals surface area (Å²) in [5.74, 6) is 0.896. The molecule has 0 bridgehead atoms. The van der Waals surface area contributed by atoms with Crippen LogP contribution in [0.3, 0.4) is 0 Å². The number of aliphatic hydroxyl groups is 1. The van der Waals surface area contributed by atoms with Crippen LogP contribution in [0.1, 0.15) is 0 Å². The highest BCUT2D eigenvalue weighted by atomic mass is 32.2. The molecule has 0 fully saturated rings. The van der Waals surface area contributed by atoms with Crippen molar-refractivity contribution in [2.75, 3.05) is 18.6 Å². The van der Waals surface area contributed by atoms with Crippen LogP contribution in [-0.2, 0) is 4.74 Å². The molecule has 1 N–H and O–H groups in total. The average molecular weight is 200 g/mol. The lowest BCUT2D eigenvalue weighted by atomic mass is 10.4. The molecule has 0 heterocycles. The summed E-state index contributed by atoms with van der Waals surface area (Å²) in [4.78, 5) is 0. The van der Waals surface area contributed by atoms with E-state index in [-0.39, 0.29) is 0 Å². The van der Waals surface area contributed by atoms with Gasteiger partial charge in [0.1, 0.15) is 0 Å². The summed E-state index contributed by atoms with van der Waals surface area (Å²) >= 11 is 1.69. The van der Waals surface area contributed by atoms with Crippen molar-refractivity contribution in [1.29, 1.82) is 0 Å². The van der Waals surface area contributed by atoms with Crippen LogP contribution in [0.5, 0.6) is 0 Å². The number of thioether (sulfide) groups is 1. The Balaban J connectivity index is 3.48. The molecule has 0 aromatic rings. The van der Waals surface area contributed by atoms with Gasteiger partial charge in [-0.25, -0.2) is 0 Å². The molecule has 0 aliphatic heterocycles. The van der Waals surface area contributed by atoms with Gasteiger partial charge in [0.2, 0.25) is 0 Å². The van der Waals surface area contributed by atoms with Crippen LogP contribution in [0.4, 0.5) is 0 Å². The minimum absolute atomic E-state index is 0.567. The van der Waals surface area contributed by atoms with Crippen molar-refractivity contribution in [3.8, 4) is 0 Å². The van der Waals surface area contributed by atoms with Crippen LogP contribution in [-0.4, -0.2) is 30.0 Å². The maximum Gasteiger partial charge on any atom is 0.174 e.